The molecule has 21 heavy (non-hydrogen) atoms. The molecular formula is C14H21Cl2N3OS. The number of pyridine rings is 1. The van der Waals surface area contributed by atoms with Crippen molar-refractivity contribution >= 4 is 48.3 Å². The van der Waals surface area contributed by atoms with Crippen LogP contribution >= 0.6 is 36.6 Å². The fourth-order valence-electron chi connectivity index (χ4n) is 2.98. The van der Waals surface area contributed by atoms with Crippen LogP contribution in [0.1, 0.15) is 19.3 Å². The van der Waals surface area contributed by atoms with Crippen molar-refractivity contribution in [2.75, 3.05) is 24.7 Å². The quantitative estimate of drug-likeness (QED) is 0.823. The lowest BCUT2D eigenvalue weighted by molar-refractivity contribution is -0.118. The Labute approximate surface area is 142 Å². The second kappa shape index (κ2) is 7.68. The minimum Gasteiger partial charge on any atom is -0.317 e. The van der Waals surface area contributed by atoms with Crippen LogP contribution in [0.4, 0.5) is 5.82 Å². The Balaban J connectivity index is 0.00000110. The highest BCUT2D eigenvalue weighted by atomic mass is 35.5. The lowest BCUT2D eigenvalue weighted by Crippen LogP contribution is -2.31. The van der Waals surface area contributed by atoms with Crippen LogP contribution < -0.4 is 10.6 Å². The van der Waals surface area contributed by atoms with Crippen molar-refractivity contribution in [1.82, 2.24) is 10.3 Å². The second-order valence-electron chi connectivity index (χ2n) is 5.44. The molecule has 0 aromatic carbocycles. The van der Waals surface area contributed by atoms with Gasteiger partial charge in [-0.1, -0.05) is 0 Å². The van der Waals surface area contributed by atoms with Crippen LogP contribution in [0, 0.1) is 11.3 Å². The third kappa shape index (κ3) is 4.03. The number of nitrogens with zero attached hydrogens (tertiary/aromatic N) is 1. The van der Waals surface area contributed by atoms with Gasteiger partial charge in [-0.25, -0.2) is 4.98 Å². The third-order valence-electron chi connectivity index (χ3n) is 4.33. The summed E-state index contributed by atoms with van der Waals surface area (Å²) >= 11 is 1.65. The van der Waals surface area contributed by atoms with Crippen LogP contribution in [0.15, 0.2) is 23.2 Å². The van der Waals surface area contributed by atoms with Gasteiger partial charge in [0.2, 0.25) is 5.91 Å². The molecule has 1 amide bonds. The summed E-state index contributed by atoms with van der Waals surface area (Å²) in [5.41, 5.74) is 0.286. The number of nitrogens with one attached hydrogen (secondary N) is 2. The summed E-state index contributed by atoms with van der Waals surface area (Å²) in [7, 11) is 0. The molecule has 1 saturated carbocycles. The SMILES string of the molecule is CSc1ccc(NC(=O)C2CC23CCNCC3)nc1.Cl.Cl. The highest BCUT2D eigenvalue weighted by Gasteiger charge is 2.57. The Hall–Kier alpha value is -0.490. The molecule has 1 aliphatic heterocycles. The summed E-state index contributed by atoms with van der Waals surface area (Å²) in [6.07, 6.45) is 7.12. The molecule has 1 spiro atoms. The first-order chi connectivity index (χ1) is 9.23. The van der Waals surface area contributed by atoms with E-state index in [-0.39, 0.29) is 42.1 Å². The maximum atomic E-state index is 12.2. The normalized spacial score (nSPS) is 21.9. The molecule has 1 saturated heterocycles. The fourth-order valence-corrected chi connectivity index (χ4v) is 3.35. The van der Waals surface area contributed by atoms with Crippen LogP contribution in [0.2, 0.25) is 0 Å². The summed E-state index contributed by atoms with van der Waals surface area (Å²) in [6, 6.07) is 3.86. The maximum absolute atomic E-state index is 12.2. The van der Waals surface area contributed by atoms with Crippen molar-refractivity contribution in [3.8, 4) is 0 Å². The van der Waals surface area contributed by atoms with Gasteiger partial charge in [-0.05, 0) is 56.2 Å². The summed E-state index contributed by atoms with van der Waals surface area (Å²) in [6.45, 7) is 2.09. The molecule has 2 aliphatic rings. The van der Waals surface area contributed by atoms with Crippen molar-refractivity contribution in [3.05, 3.63) is 18.3 Å². The molecule has 118 valence electrons. The number of anilines is 1. The van der Waals surface area contributed by atoms with Crippen molar-refractivity contribution in [2.24, 2.45) is 11.3 Å². The molecule has 7 heteroatoms. The molecular weight excluding hydrogens is 329 g/mol. The zero-order valence-electron chi connectivity index (χ0n) is 11.9. The molecule has 1 aliphatic carbocycles. The molecule has 1 aromatic rings. The van der Waals surface area contributed by atoms with Gasteiger partial charge >= 0.3 is 0 Å². The van der Waals surface area contributed by atoms with Gasteiger partial charge in [0.25, 0.3) is 0 Å². The van der Waals surface area contributed by atoms with Crippen molar-refractivity contribution in [2.45, 2.75) is 24.2 Å². The average molecular weight is 350 g/mol. The maximum Gasteiger partial charge on any atom is 0.229 e. The Morgan fingerprint density at radius 3 is 2.67 bits per heavy atom. The van der Waals surface area contributed by atoms with Crippen LogP contribution in [0.3, 0.4) is 0 Å². The number of piperidine rings is 1. The molecule has 2 heterocycles. The van der Waals surface area contributed by atoms with Gasteiger partial charge in [-0.15, -0.1) is 36.6 Å². The minimum absolute atomic E-state index is 0. The molecule has 1 atom stereocenters. The van der Waals surface area contributed by atoms with E-state index >= 15 is 0 Å². The van der Waals surface area contributed by atoms with E-state index in [9.17, 15) is 4.79 Å². The van der Waals surface area contributed by atoms with Gasteiger partial charge in [0.15, 0.2) is 0 Å². The summed E-state index contributed by atoms with van der Waals surface area (Å²) in [5, 5.41) is 6.30. The van der Waals surface area contributed by atoms with E-state index in [2.05, 4.69) is 15.6 Å². The monoisotopic (exact) mass is 349 g/mol. The van der Waals surface area contributed by atoms with Gasteiger partial charge in [0.1, 0.15) is 5.82 Å². The Morgan fingerprint density at radius 1 is 1.38 bits per heavy atom. The number of carbonyl (C=O) groups excluding carboxylic acids is 1. The van der Waals surface area contributed by atoms with Gasteiger partial charge < -0.3 is 10.6 Å². The Morgan fingerprint density at radius 2 is 2.10 bits per heavy atom. The first-order valence-electron chi connectivity index (χ1n) is 6.75. The number of halogens is 2. The van der Waals surface area contributed by atoms with E-state index in [1.54, 1.807) is 18.0 Å². The molecule has 1 aromatic heterocycles. The van der Waals surface area contributed by atoms with Gasteiger partial charge in [-0.2, -0.15) is 0 Å². The van der Waals surface area contributed by atoms with Crippen molar-refractivity contribution in [3.63, 3.8) is 0 Å². The molecule has 2 fully saturated rings. The van der Waals surface area contributed by atoms with Gasteiger partial charge in [-0.3, -0.25) is 4.79 Å². The first kappa shape index (κ1) is 18.6. The summed E-state index contributed by atoms with van der Waals surface area (Å²) in [5.74, 6) is 1.00. The van der Waals surface area contributed by atoms with Crippen LogP contribution in [0.5, 0.6) is 0 Å². The fraction of sp³-hybridized carbons (Fsp3) is 0.571. The lowest BCUT2D eigenvalue weighted by Gasteiger charge is -2.23. The number of aromatic nitrogens is 1. The molecule has 1 unspecified atom stereocenters. The Kier molecular flexibility index (Phi) is 6.78. The van der Waals surface area contributed by atoms with Gasteiger partial charge in [0.05, 0.1) is 0 Å². The zero-order valence-corrected chi connectivity index (χ0v) is 14.4. The second-order valence-corrected chi connectivity index (χ2v) is 6.32. The number of carbonyl (C=O) groups is 1. The standard InChI is InChI=1S/C14H19N3OS.2ClH/c1-19-10-2-3-12(16-9-10)17-13(18)11-8-14(11)4-6-15-7-5-14;;/h2-3,9,11,15H,4-8H2,1H3,(H,16,17,18);2*1H. The van der Waals surface area contributed by atoms with Crippen molar-refractivity contribution < 1.29 is 4.79 Å². The predicted octanol–water partition coefficient (Wildman–Crippen LogP) is 2.98. The first-order valence-corrected chi connectivity index (χ1v) is 7.98. The Bertz CT molecular complexity index is 478. The van der Waals surface area contributed by atoms with E-state index in [0.717, 1.165) is 37.2 Å². The predicted molar refractivity (Wildman–Crippen MR) is 91.8 cm³/mol. The number of hydrogen-bond donors (Lipinski definition) is 2. The average Bonchev–Trinajstić information content (AvgIpc) is 3.14. The number of amides is 1. The number of hydrogen-bond acceptors (Lipinski definition) is 4. The largest absolute Gasteiger partial charge is 0.317 e. The zero-order chi connectivity index (χ0) is 13.3. The van der Waals surface area contributed by atoms with E-state index in [1.165, 1.54) is 0 Å². The van der Waals surface area contributed by atoms with E-state index in [1.807, 2.05) is 18.4 Å². The van der Waals surface area contributed by atoms with Crippen LogP contribution in [-0.2, 0) is 4.79 Å². The molecule has 4 nitrogen and oxygen atoms in total. The van der Waals surface area contributed by atoms with Crippen molar-refractivity contribution in [1.29, 1.82) is 0 Å². The summed E-state index contributed by atoms with van der Waals surface area (Å²) in [4.78, 5) is 17.6. The highest BCUT2D eigenvalue weighted by molar-refractivity contribution is 7.98. The topological polar surface area (TPSA) is 54.0 Å². The number of thioether (sulfide) groups is 1. The van der Waals surface area contributed by atoms with E-state index in [0.29, 0.717) is 5.82 Å². The summed E-state index contributed by atoms with van der Waals surface area (Å²) < 4.78 is 0. The lowest BCUT2D eigenvalue weighted by atomic mass is 9.92. The van der Waals surface area contributed by atoms with Crippen LogP contribution in [-0.4, -0.2) is 30.2 Å². The van der Waals surface area contributed by atoms with E-state index < -0.39 is 0 Å². The third-order valence-corrected chi connectivity index (χ3v) is 5.04. The minimum atomic E-state index is 0. The molecule has 0 bridgehead atoms. The molecule has 2 N–H and O–H groups in total. The van der Waals surface area contributed by atoms with Crippen LogP contribution in [0.25, 0.3) is 0 Å². The highest BCUT2D eigenvalue weighted by Crippen LogP contribution is 2.58. The number of rotatable bonds is 3. The molecule has 3 rings (SSSR count). The molecule has 0 radical (unpaired) electrons. The smallest absolute Gasteiger partial charge is 0.229 e. The van der Waals surface area contributed by atoms with E-state index in [4.69, 9.17) is 0 Å². The van der Waals surface area contributed by atoms with Gasteiger partial charge in [0, 0.05) is 17.0 Å².